The van der Waals surface area contributed by atoms with Crippen molar-refractivity contribution in [3.8, 4) is 17.2 Å². The van der Waals surface area contributed by atoms with Gasteiger partial charge in [-0.2, -0.15) is 0 Å². The van der Waals surface area contributed by atoms with Gasteiger partial charge in [-0.15, -0.1) is 34.8 Å². The molecule has 0 aliphatic heterocycles. The number of halogens is 3. The zero-order valence-electron chi connectivity index (χ0n) is 50.8. The molecule has 0 atom stereocenters. The Bertz CT molecular complexity index is 1690. The predicted molar refractivity (Wildman–Crippen MR) is 341 cm³/mol. The minimum atomic E-state index is -1.18. The summed E-state index contributed by atoms with van der Waals surface area (Å²) in [6, 6.07) is 20.0. The molecule has 0 N–H and O–H groups in total. The number of benzene rings is 3. The Balaban J connectivity index is 0.00000119. The summed E-state index contributed by atoms with van der Waals surface area (Å²) in [5.41, 5.74) is 0.397. The quantitative estimate of drug-likeness (QED) is 0.0306. The summed E-state index contributed by atoms with van der Waals surface area (Å²) in [6.45, 7) is 1.69. The fraction of sp³-hybridized carbons (Fsp3) is 0.696. The molecule has 462 valence electrons. The number of hydrogen-bond donors (Lipinski definition) is 0. The molecule has 0 bridgehead atoms. The van der Waals surface area contributed by atoms with Crippen molar-refractivity contribution in [1.29, 1.82) is 0 Å². The summed E-state index contributed by atoms with van der Waals surface area (Å²) in [5, 5.41) is 33.0. The molecule has 0 saturated heterocycles. The van der Waals surface area contributed by atoms with E-state index in [1.165, 1.54) is 249 Å². The molecule has 3 rings (SSSR count). The first kappa shape index (κ1) is 78.9. The first-order chi connectivity index (χ1) is 39.8. The van der Waals surface area contributed by atoms with Gasteiger partial charge in [-0.25, -0.2) is 0 Å². The van der Waals surface area contributed by atoms with E-state index in [0.717, 1.165) is 56.2 Å². The summed E-state index contributed by atoms with van der Waals surface area (Å²) < 4.78 is 16.8. The van der Waals surface area contributed by atoms with E-state index >= 15 is 0 Å². The summed E-state index contributed by atoms with van der Waals surface area (Å²) in [6.07, 6.45) is 53.9. The van der Waals surface area contributed by atoms with Crippen molar-refractivity contribution >= 4 is 70.1 Å². The van der Waals surface area contributed by atoms with Crippen LogP contribution in [0.3, 0.4) is 0 Å². The van der Waals surface area contributed by atoms with E-state index in [9.17, 15) is 29.7 Å². The molecule has 3 aromatic rings. The molecular formula is C69H108AlCl3O9. The zero-order valence-corrected chi connectivity index (χ0v) is 54.2. The molecule has 0 aliphatic carbocycles. The number of alkyl halides is 3. The van der Waals surface area contributed by atoms with Crippen LogP contribution in [0.2, 0.25) is 0 Å². The number of rotatable bonds is 54. The van der Waals surface area contributed by atoms with Crippen molar-refractivity contribution < 1.29 is 43.9 Å². The van der Waals surface area contributed by atoms with Crippen LogP contribution in [-0.4, -0.2) is 72.7 Å². The number of carbonyl (C=O) groups excluding carboxylic acids is 3. The molecule has 3 aromatic carbocycles. The predicted octanol–water partition coefficient (Wildman–Crippen LogP) is 18.0. The molecule has 82 heavy (non-hydrogen) atoms. The van der Waals surface area contributed by atoms with Crippen LogP contribution in [-0.2, 0) is 0 Å². The van der Waals surface area contributed by atoms with Gasteiger partial charge in [0.05, 0.1) is 37.7 Å². The maximum atomic E-state index is 11.0. The number of aromatic carboxylic acids is 3. The van der Waals surface area contributed by atoms with E-state index in [2.05, 4.69) is 0 Å². The van der Waals surface area contributed by atoms with Gasteiger partial charge >= 0.3 is 17.4 Å². The third kappa shape index (κ3) is 48.1. The molecule has 0 aromatic heterocycles. The van der Waals surface area contributed by atoms with Crippen molar-refractivity contribution in [3.05, 3.63) is 89.5 Å². The van der Waals surface area contributed by atoms with Gasteiger partial charge in [0.2, 0.25) is 0 Å². The second-order valence-electron chi connectivity index (χ2n) is 21.8. The Hall–Kier alpha value is -3.13. The number of carboxylic acids is 3. The molecule has 0 amide bonds. The Morgan fingerprint density at radius 3 is 0.561 bits per heavy atom. The summed E-state index contributed by atoms with van der Waals surface area (Å²) >= 11 is 17.0. The number of carboxylic acid groups (broad SMARTS) is 3. The van der Waals surface area contributed by atoms with E-state index in [4.69, 9.17) is 49.0 Å². The van der Waals surface area contributed by atoms with Crippen LogP contribution in [0.15, 0.2) is 72.8 Å². The van der Waals surface area contributed by atoms with Gasteiger partial charge < -0.3 is 43.9 Å². The molecule has 0 spiro atoms. The van der Waals surface area contributed by atoms with Gasteiger partial charge in [-0.3, -0.25) is 0 Å². The van der Waals surface area contributed by atoms with Gasteiger partial charge in [0.25, 0.3) is 0 Å². The maximum absolute atomic E-state index is 11.0. The average molecular weight is 1210 g/mol. The molecule has 0 saturated carbocycles. The van der Waals surface area contributed by atoms with Crippen LogP contribution < -0.4 is 29.5 Å². The average Bonchev–Trinajstić information content (AvgIpc) is 3.55. The smallest absolute Gasteiger partial charge is 0.545 e. The Labute approximate surface area is 524 Å². The van der Waals surface area contributed by atoms with Gasteiger partial charge in [-0.1, -0.05) is 268 Å². The van der Waals surface area contributed by atoms with Gasteiger partial charge in [0, 0.05) is 34.3 Å². The van der Waals surface area contributed by atoms with Crippen molar-refractivity contribution in [1.82, 2.24) is 0 Å². The van der Waals surface area contributed by atoms with E-state index < -0.39 is 17.9 Å². The van der Waals surface area contributed by atoms with Crippen molar-refractivity contribution in [3.63, 3.8) is 0 Å². The van der Waals surface area contributed by atoms with Gasteiger partial charge in [0.1, 0.15) is 17.2 Å². The van der Waals surface area contributed by atoms with E-state index in [1.54, 1.807) is 54.6 Å². The zero-order chi connectivity index (χ0) is 58.7. The summed E-state index contributed by atoms with van der Waals surface area (Å²) in [4.78, 5) is 33.0. The number of carbonyl (C=O) groups is 3. The third-order valence-corrected chi connectivity index (χ3v) is 15.5. The molecule has 9 nitrogen and oxygen atoms in total. The van der Waals surface area contributed by atoms with Crippen LogP contribution >= 0.6 is 34.8 Å². The Morgan fingerprint density at radius 2 is 0.402 bits per heavy atom. The molecule has 0 unspecified atom stereocenters. The number of hydrogen-bond acceptors (Lipinski definition) is 9. The Morgan fingerprint density at radius 1 is 0.256 bits per heavy atom. The van der Waals surface area contributed by atoms with Gasteiger partial charge in [-0.05, 0) is 74.9 Å². The second kappa shape index (κ2) is 61.0. The molecule has 13 heteroatoms. The molecule has 0 heterocycles. The number of para-hydroxylation sites is 3. The minimum Gasteiger partial charge on any atom is -0.545 e. The van der Waals surface area contributed by atoms with Crippen LogP contribution in [0.1, 0.15) is 301 Å². The summed E-state index contributed by atoms with van der Waals surface area (Å²) in [7, 11) is 0. The SMILES string of the molecule is O=C([O-])c1ccccc1OCCCCCCCCCCCCCCCCCl.O=C([O-])c1ccccc1OCCCCCCCCCCCCCCCCCl.O=C([O-])c1ccccc1OCCCCCCCCCCCCCCCCCl.[Al+3]. The van der Waals surface area contributed by atoms with E-state index in [-0.39, 0.29) is 34.1 Å². The fourth-order valence-electron chi connectivity index (χ4n) is 9.78. The largest absolute Gasteiger partial charge is 3.00 e. The first-order valence-corrected chi connectivity index (χ1v) is 33.8. The standard InChI is InChI=1S/3C23H37ClO3.Al/c3*24-19-15-11-9-7-5-3-1-2-4-6-8-10-12-16-20-27-22-18-14-13-17-21(22)23(25)26;/h3*13-14,17-18H,1-12,15-16,19-20H2,(H,25,26);/q;;;+3/p-3. The fourth-order valence-corrected chi connectivity index (χ4v) is 10.4. The topological polar surface area (TPSA) is 148 Å². The normalized spacial score (nSPS) is 10.7. The third-order valence-electron chi connectivity index (χ3n) is 14.7. The molecule has 0 fully saturated rings. The van der Waals surface area contributed by atoms with E-state index in [0.29, 0.717) is 37.1 Å². The van der Waals surface area contributed by atoms with Crippen molar-refractivity contribution in [2.45, 2.75) is 270 Å². The molecule has 0 radical (unpaired) electrons. The Kier molecular flexibility index (Phi) is 58.7. The number of ether oxygens (including phenoxy) is 3. The van der Waals surface area contributed by atoms with Crippen molar-refractivity contribution in [2.75, 3.05) is 37.5 Å². The van der Waals surface area contributed by atoms with Gasteiger partial charge in [0.15, 0.2) is 0 Å². The minimum absolute atomic E-state index is 0. The van der Waals surface area contributed by atoms with Crippen molar-refractivity contribution in [2.24, 2.45) is 0 Å². The molecular weight excluding hydrogens is 1110 g/mol. The van der Waals surface area contributed by atoms with E-state index in [1.807, 2.05) is 0 Å². The van der Waals surface area contributed by atoms with Crippen LogP contribution in [0.25, 0.3) is 0 Å². The monoisotopic (exact) mass is 1210 g/mol. The maximum Gasteiger partial charge on any atom is 3.00 e. The van der Waals surface area contributed by atoms with Crippen LogP contribution in [0.4, 0.5) is 0 Å². The van der Waals surface area contributed by atoms with Crippen LogP contribution in [0, 0.1) is 0 Å². The first-order valence-electron chi connectivity index (χ1n) is 32.2. The number of unbranched alkanes of at least 4 members (excludes halogenated alkanes) is 39. The summed E-state index contributed by atoms with van der Waals surface area (Å²) in [5.74, 6) is 0.117. The molecule has 0 aliphatic rings. The van der Waals surface area contributed by atoms with Crippen LogP contribution in [0.5, 0.6) is 17.2 Å². The second-order valence-corrected chi connectivity index (χ2v) is 22.9.